The van der Waals surface area contributed by atoms with Crippen LogP contribution in [-0.2, 0) is 13.1 Å². The summed E-state index contributed by atoms with van der Waals surface area (Å²) >= 11 is 0. The zero-order valence-electron chi connectivity index (χ0n) is 16.1. The van der Waals surface area contributed by atoms with E-state index >= 15 is 0 Å². The van der Waals surface area contributed by atoms with Gasteiger partial charge in [-0.2, -0.15) is 5.10 Å². The fourth-order valence-electron chi connectivity index (χ4n) is 3.33. The summed E-state index contributed by atoms with van der Waals surface area (Å²) in [6, 6.07) is 7.14. The highest BCUT2D eigenvalue weighted by molar-refractivity contribution is 5.56. The van der Waals surface area contributed by atoms with Crippen molar-refractivity contribution in [1.29, 1.82) is 0 Å². The number of hydrogen-bond donors (Lipinski definition) is 0. The Labute approximate surface area is 163 Å². The number of hydrogen-bond acceptors (Lipinski definition) is 7. The second-order valence-electron chi connectivity index (χ2n) is 7.33. The summed E-state index contributed by atoms with van der Waals surface area (Å²) in [7, 11) is 3.85. The minimum Gasteiger partial charge on any atom is -0.347 e. The first kappa shape index (κ1) is 18.2. The third kappa shape index (κ3) is 4.07. The van der Waals surface area contributed by atoms with Crippen LogP contribution >= 0.6 is 0 Å². The van der Waals surface area contributed by atoms with Crippen LogP contribution in [0, 0.1) is 5.92 Å². The molecule has 0 bridgehead atoms. The van der Waals surface area contributed by atoms with Crippen molar-refractivity contribution in [3.63, 3.8) is 0 Å². The van der Waals surface area contributed by atoms with Crippen molar-refractivity contribution in [1.82, 2.24) is 29.6 Å². The van der Waals surface area contributed by atoms with Gasteiger partial charge in [-0.05, 0) is 18.2 Å². The first-order valence-corrected chi connectivity index (χ1v) is 9.27. The number of pyridine rings is 1. The molecule has 1 fully saturated rings. The minimum atomic E-state index is -0.0706. The summed E-state index contributed by atoms with van der Waals surface area (Å²) in [6.45, 7) is 3.31. The first-order chi connectivity index (χ1) is 13.6. The fourth-order valence-corrected chi connectivity index (χ4v) is 3.33. The van der Waals surface area contributed by atoms with Crippen molar-refractivity contribution in [2.45, 2.75) is 13.1 Å². The third-order valence-corrected chi connectivity index (χ3v) is 4.79. The monoisotopic (exact) mass is 377 g/mol. The normalized spacial score (nSPS) is 14.6. The molecular formula is C20H23N7O. The zero-order chi connectivity index (χ0) is 19.5. The van der Waals surface area contributed by atoms with E-state index in [1.54, 1.807) is 29.2 Å². The summed E-state index contributed by atoms with van der Waals surface area (Å²) in [5.74, 6) is 1.13. The van der Waals surface area contributed by atoms with E-state index in [1.807, 2.05) is 43.5 Å². The van der Waals surface area contributed by atoms with E-state index in [0.717, 1.165) is 36.5 Å². The van der Waals surface area contributed by atoms with Crippen molar-refractivity contribution in [3.8, 4) is 11.3 Å². The van der Waals surface area contributed by atoms with Crippen LogP contribution in [0.3, 0.4) is 0 Å². The Morgan fingerprint density at radius 3 is 2.57 bits per heavy atom. The van der Waals surface area contributed by atoms with Gasteiger partial charge in [0.15, 0.2) is 0 Å². The molecule has 3 aromatic heterocycles. The molecule has 0 aromatic carbocycles. The molecule has 4 rings (SSSR count). The van der Waals surface area contributed by atoms with Crippen LogP contribution in [0.1, 0.15) is 5.56 Å². The van der Waals surface area contributed by atoms with Gasteiger partial charge in [-0.1, -0.05) is 0 Å². The smallest absolute Gasteiger partial charge is 0.266 e. The standard InChI is InChI=1S/C20H23N7O/c1-25(2)20-22-8-15(9-23-20)11-26-12-16(13-26)14-27-19(28)6-5-18(24-27)17-4-3-7-21-10-17/h3-10,16H,11-14H2,1-2H3. The van der Waals surface area contributed by atoms with Crippen LogP contribution in [0.2, 0.25) is 0 Å². The lowest BCUT2D eigenvalue weighted by atomic mass is 9.99. The van der Waals surface area contributed by atoms with Crippen molar-refractivity contribution in [3.05, 3.63) is 65.0 Å². The van der Waals surface area contributed by atoms with Gasteiger partial charge in [-0.3, -0.25) is 14.7 Å². The maximum atomic E-state index is 12.2. The fraction of sp³-hybridized carbons (Fsp3) is 0.350. The van der Waals surface area contributed by atoms with Crippen molar-refractivity contribution < 1.29 is 0 Å². The van der Waals surface area contributed by atoms with Gasteiger partial charge in [-0.25, -0.2) is 14.6 Å². The molecular weight excluding hydrogens is 354 g/mol. The molecule has 28 heavy (non-hydrogen) atoms. The van der Waals surface area contributed by atoms with E-state index in [0.29, 0.717) is 18.4 Å². The largest absolute Gasteiger partial charge is 0.347 e. The van der Waals surface area contributed by atoms with Gasteiger partial charge in [0.05, 0.1) is 12.2 Å². The average molecular weight is 377 g/mol. The van der Waals surface area contributed by atoms with Crippen molar-refractivity contribution in [2.75, 3.05) is 32.1 Å². The predicted molar refractivity (Wildman–Crippen MR) is 107 cm³/mol. The highest BCUT2D eigenvalue weighted by Crippen LogP contribution is 2.20. The van der Waals surface area contributed by atoms with Crippen LogP contribution in [0.5, 0.6) is 0 Å². The van der Waals surface area contributed by atoms with Gasteiger partial charge >= 0.3 is 0 Å². The van der Waals surface area contributed by atoms with Crippen LogP contribution in [0.15, 0.2) is 53.8 Å². The molecule has 1 aliphatic rings. The van der Waals surface area contributed by atoms with Crippen LogP contribution in [0.25, 0.3) is 11.3 Å². The number of nitrogens with zero attached hydrogens (tertiary/aromatic N) is 7. The molecule has 0 radical (unpaired) electrons. The van der Waals surface area contributed by atoms with Crippen LogP contribution in [-0.4, -0.2) is 56.8 Å². The molecule has 0 aliphatic carbocycles. The van der Waals surface area contributed by atoms with Gasteiger partial charge in [0, 0.05) is 81.6 Å². The molecule has 0 unspecified atom stereocenters. The number of anilines is 1. The zero-order valence-corrected chi connectivity index (χ0v) is 16.1. The molecule has 1 saturated heterocycles. The topological polar surface area (TPSA) is 80.0 Å². The SMILES string of the molecule is CN(C)c1ncc(CN2CC(Cn3nc(-c4cccnc4)ccc3=O)C2)cn1. The molecule has 1 aliphatic heterocycles. The summed E-state index contributed by atoms with van der Waals surface area (Å²) in [6.07, 6.45) is 7.23. The average Bonchev–Trinajstić information content (AvgIpc) is 2.69. The second-order valence-corrected chi connectivity index (χ2v) is 7.33. The Bertz CT molecular complexity index is 979. The maximum Gasteiger partial charge on any atom is 0.266 e. The molecule has 0 N–H and O–H groups in total. The number of likely N-dealkylation sites (tertiary alicyclic amines) is 1. The molecule has 0 atom stereocenters. The number of rotatable bonds is 6. The van der Waals surface area contributed by atoms with Gasteiger partial charge in [0.25, 0.3) is 5.56 Å². The van der Waals surface area contributed by atoms with Gasteiger partial charge in [-0.15, -0.1) is 0 Å². The number of aromatic nitrogens is 5. The second kappa shape index (κ2) is 7.85. The summed E-state index contributed by atoms with van der Waals surface area (Å²) in [5.41, 5.74) is 2.70. The van der Waals surface area contributed by atoms with Gasteiger partial charge in [0.1, 0.15) is 0 Å². The Balaban J connectivity index is 1.35. The minimum absolute atomic E-state index is 0.0706. The van der Waals surface area contributed by atoms with Gasteiger partial charge in [0.2, 0.25) is 5.95 Å². The van der Waals surface area contributed by atoms with Gasteiger partial charge < -0.3 is 4.90 Å². The Kier molecular flexibility index (Phi) is 5.12. The third-order valence-electron chi connectivity index (χ3n) is 4.79. The van der Waals surface area contributed by atoms with Crippen LogP contribution in [0.4, 0.5) is 5.95 Å². The lowest BCUT2D eigenvalue weighted by molar-refractivity contribution is 0.0765. The molecule has 3 aromatic rings. The highest BCUT2D eigenvalue weighted by atomic mass is 16.1. The highest BCUT2D eigenvalue weighted by Gasteiger charge is 2.27. The van der Waals surface area contributed by atoms with E-state index < -0.39 is 0 Å². The molecule has 0 spiro atoms. The Morgan fingerprint density at radius 1 is 1.11 bits per heavy atom. The van der Waals surface area contributed by atoms with E-state index in [4.69, 9.17) is 0 Å². The molecule has 4 heterocycles. The molecule has 8 nitrogen and oxygen atoms in total. The van der Waals surface area contributed by atoms with Crippen molar-refractivity contribution in [2.24, 2.45) is 5.92 Å². The summed E-state index contributed by atoms with van der Waals surface area (Å²) in [4.78, 5) is 29.2. The van der Waals surface area contributed by atoms with E-state index in [1.165, 1.54) is 0 Å². The van der Waals surface area contributed by atoms with Crippen molar-refractivity contribution >= 4 is 5.95 Å². The molecule has 0 saturated carbocycles. The van der Waals surface area contributed by atoms with Crippen LogP contribution < -0.4 is 10.5 Å². The Hall–Kier alpha value is -3.13. The van der Waals surface area contributed by atoms with E-state index in [9.17, 15) is 4.79 Å². The molecule has 0 amide bonds. The first-order valence-electron chi connectivity index (χ1n) is 9.27. The summed E-state index contributed by atoms with van der Waals surface area (Å²) < 4.78 is 1.57. The quantitative estimate of drug-likeness (QED) is 0.640. The lowest BCUT2D eigenvalue weighted by Crippen LogP contribution is -2.48. The van der Waals surface area contributed by atoms with E-state index in [-0.39, 0.29) is 5.56 Å². The Morgan fingerprint density at radius 2 is 1.89 bits per heavy atom. The van der Waals surface area contributed by atoms with E-state index in [2.05, 4.69) is 25.0 Å². The molecule has 8 heteroatoms. The summed E-state index contributed by atoms with van der Waals surface area (Å²) in [5, 5.41) is 4.52. The molecule has 144 valence electrons. The maximum absolute atomic E-state index is 12.2. The lowest BCUT2D eigenvalue weighted by Gasteiger charge is -2.39. The predicted octanol–water partition coefficient (Wildman–Crippen LogP) is 1.29.